The van der Waals surface area contributed by atoms with Gasteiger partial charge in [-0.05, 0) is 25.7 Å². The van der Waals surface area contributed by atoms with Crippen LogP contribution in [0.25, 0.3) is 0 Å². The summed E-state index contributed by atoms with van der Waals surface area (Å²) in [7, 11) is 0. The minimum absolute atomic E-state index is 0.0490. The molecule has 0 saturated heterocycles. The van der Waals surface area contributed by atoms with E-state index in [0.717, 1.165) is 44.9 Å². The highest BCUT2D eigenvalue weighted by molar-refractivity contribution is 5.76. The van der Waals surface area contributed by atoms with Crippen molar-refractivity contribution < 1.29 is 9.90 Å². The van der Waals surface area contributed by atoms with Gasteiger partial charge >= 0.3 is 0 Å². The predicted molar refractivity (Wildman–Crippen MR) is 63.7 cm³/mol. The summed E-state index contributed by atoms with van der Waals surface area (Å²) in [6.45, 7) is 0.0586. The molecule has 0 spiro atoms. The number of carbonyl (C=O) groups excluding carboxylic acids is 1. The Morgan fingerprint density at radius 3 is 2.62 bits per heavy atom. The molecule has 0 unspecified atom stereocenters. The molecule has 2 N–H and O–H groups in total. The van der Waals surface area contributed by atoms with Gasteiger partial charge in [-0.2, -0.15) is 0 Å². The normalized spacial score (nSPS) is 18.0. The van der Waals surface area contributed by atoms with Gasteiger partial charge in [0.05, 0.1) is 12.1 Å². The van der Waals surface area contributed by atoms with Gasteiger partial charge in [0.1, 0.15) is 0 Å². The molecule has 0 aromatic rings. The molecule has 0 atom stereocenters. The van der Waals surface area contributed by atoms with E-state index in [9.17, 15) is 9.90 Å². The average molecular weight is 223 g/mol. The molecule has 1 aliphatic rings. The molecule has 0 aromatic carbocycles. The van der Waals surface area contributed by atoms with Crippen LogP contribution in [0.2, 0.25) is 0 Å². The quantitative estimate of drug-likeness (QED) is 0.531. The minimum atomic E-state index is -0.330. The summed E-state index contributed by atoms with van der Waals surface area (Å²) in [4.78, 5) is 11.7. The highest BCUT2D eigenvalue weighted by Crippen LogP contribution is 2.29. The van der Waals surface area contributed by atoms with Gasteiger partial charge in [0, 0.05) is 12.8 Å². The van der Waals surface area contributed by atoms with Crippen LogP contribution < -0.4 is 5.32 Å². The smallest absolute Gasteiger partial charge is 0.220 e. The standard InChI is InChI=1S/C13H21NO2/c1-2-3-4-5-8-12(16)14-13(11-15)9-6-7-10-13/h1,15H,3-11H2,(H,14,16). The van der Waals surface area contributed by atoms with Crippen LogP contribution in [0.5, 0.6) is 0 Å². The second-order valence-electron chi connectivity index (χ2n) is 4.60. The summed E-state index contributed by atoms with van der Waals surface area (Å²) in [5.41, 5.74) is -0.330. The summed E-state index contributed by atoms with van der Waals surface area (Å²) in [5, 5.41) is 12.3. The molecule has 1 amide bonds. The molecule has 1 fully saturated rings. The van der Waals surface area contributed by atoms with Gasteiger partial charge < -0.3 is 10.4 Å². The van der Waals surface area contributed by atoms with Gasteiger partial charge in [-0.25, -0.2) is 0 Å². The van der Waals surface area contributed by atoms with Gasteiger partial charge in [-0.15, -0.1) is 12.3 Å². The zero-order chi connectivity index (χ0) is 11.9. The minimum Gasteiger partial charge on any atom is -0.394 e. The molecule has 0 heterocycles. The lowest BCUT2D eigenvalue weighted by molar-refractivity contribution is -0.123. The van der Waals surface area contributed by atoms with Crippen molar-refractivity contribution in [3.8, 4) is 12.3 Å². The fraction of sp³-hybridized carbons (Fsp3) is 0.769. The number of carbonyl (C=O) groups is 1. The van der Waals surface area contributed by atoms with Crippen molar-refractivity contribution in [1.82, 2.24) is 5.32 Å². The SMILES string of the molecule is C#CCCCCC(=O)NC1(CO)CCCC1. The van der Waals surface area contributed by atoms with Crippen LogP contribution in [0, 0.1) is 12.3 Å². The largest absolute Gasteiger partial charge is 0.394 e. The third-order valence-electron chi connectivity index (χ3n) is 3.24. The first kappa shape index (κ1) is 13.1. The fourth-order valence-corrected chi connectivity index (χ4v) is 2.25. The summed E-state index contributed by atoms with van der Waals surface area (Å²) in [6, 6.07) is 0. The van der Waals surface area contributed by atoms with E-state index in [1.165, 1.54) is 0 Å². The number of nitrogens with one attached hydrogen (secondary N) is 1. The van der Waals surface area contributed by atoms with Crippen LogP contribution in [0.15, 0.2) is 0 Å². The lowest BCUT2D eigenvalue weighted by Crippen LogP contribution is -2.49. The van der Waals surface area contributed by atoms with Crippen molar-refractivity contribution in [1.29, 1.82) is 0 Å². The molecule has 3 nitrogen and oxygen atoms in total. The number of unbranched alkanes of at least 4 members (excludes halogenated alkanes) is 2. The number of hydrogen-bond acceptors (Lipinski definition) is 2. The van der Waals surface area contributed by atoms with E-state index >= 15 is 0 Å². The predicted octanol–water partition coefficient (Wildman–Crippen LogP) is 1.60. The number of aliphatic hydroxyl groups is 1. The lowest BCUT2D eigenvalue weighted by Gasteiger charge is -2.27. The van der Waals surface area contributed by atoms with Gasteiger partial charge in [-0.1, -0.05) is 12.8 Å². The third-order valence-corrected chi connectivity index (χ3v) is 3.24. The summed E-state index contributed by atoms with van der Waals surface area (Å²) >= 11 is 0. The van der Waals surface area contributed by atoms with Crippen molar-refractivity contribution in [2.45, 2.75) is 56.9 Å². The Hall–Kier alpha value is -1.01. The molecule has 16 heavy (non-hydrogen) atoms. The first-order valence-corrected chi connectivity index (χ1v) is 6.08. The molecule has 0 radical (unpaired) electrons. The Labute approximate surface area is 97.6 Å². The van der Waals surface area contributed by atoms with Crippen molar-refractivity contribution >= 4 is 5.91 Å². The maximum atomic E-state index is 11.7. The molecule has 90 valence electrons. The molecule has 0 aromatic heterocycles. The van der Waals surface area contributed by atoms with Crippen molar-refractivity contribution in [2.24, 2.45) is 0 Å². The Kier molecular flexibility index (Phi) is 5.34. The number of hydrogen-bond donors (Lipinski definition) is 2. The van der Waals surface area contributed by atoms with Crippen molar-refractivity contribution in [2.75, 3.05) is 6.61 Å². The van der Waals surface area contributed by atoms with Gasteiger partial charge in [0.2, 0.25) is 5.91 Å². The van der Waals surface area contributed by atoms with E-state index in [4.69, 9.17) is 6.42 Å². The first-order chi connectivity index (χ1) is 7.72. The zero-order valence-electron chi connectivity index (χ0n) is 9.80. The summed E-state index contributed by atoms with van der Waals surface area (Å²) < 4.78 is 0. The van der Waals surface area contributed by atoms with Crippen LogP contribution in [0.4, 0.5) is 0 Å². The van der Waals surface area contributed by atoms with E-state index < -0.39 is 0 Å². The highest BCUT2D eigenvalue weighted by atomic mass is 16.3. The van der Waals surface area contributed by atoms with Gasteiger partial charge in [-0.3, -0.25) is 4.79 Å². The maximum absolute atomic E-state index is 11.7. The summed E-state index contributed by atoms with van der Waals surface area (Å²) in [5.74, 6) is 2.61. The maximum Gasteiger partial charge on any atom is 0.220 e. The van der Waals surface area contributed by atoms with Gasteiger partial charge in [0.25, 0.3) is 0 Å². The topological polar surface area (TPSA) is 49.3 Å². The highest BCUT2D eigenvalue weighted by Gasteiger charge is 2.34. The molecule has 1 saturated carbocycles. The van der Waals surface area contributed by atoms with Crippen LogP contribution in [0.3, 0.4) is 0 Å². The van der Waals surface area contributed by atoms with E-state index in [2.05, 4.69) is 11.2 Å². The Morgan fingerprint density at radius 2 is 2.06 bits per heavy atom. The first-order valence-electron chi connectivity index (χ1n) is 6.08. The average Bonchev–Trinajstić information content (AvgIpc) is 2.74. The van der Waals surface area contributed by atoms with E-state index in [-0.39, 0.29) is 18.1 Å². The zero-order valence-corrected chi connectivity index (χ0v) is 9.80. The van der Waals surface area contributed by atoms with Crippen LogP contribution in [-0.4, -0.2) is 23.2 Å². The number of terminal acetylenes is 1. The second kappa shape index (κ2) is 6.55. The van der Waals surface area contributed by atoms with E-state index in [1.54, 1.807) is 0 Å². The van der Waals surface area contributed by atoms with E-state index in [0.29, 0.717) is 6.42 Å². The van der Waals surface area contributed by atoms with Crippen molar-refractivity contribution in [3.63, 3.8) is 0 Å². The molecular weight excluding hydrogens is 202 g/mol. The van der Waals surface area contributed by atoms with E-state index in [1.807, 2.05) is 0 Å². The lowest BCUT2D eigenvalue weighted by atomic mass is 9.98. The Balaban J connectivity index is 2.24. The molecular formula is C13H21NO2. The number of amides is 1. The monoisotopic (exact) mass is 223 g/mol. The van der Waals surface area contributed by atoms with Crippen LogP contribution >= 0.6 is 0 Å². The molecule has 1 aliphatic carbocycles. The molecule has 0 aliphatic heterocycles. The third kappa shape index (κ3) is 3.86. The Morgan fingerprint density at radius 1 is 1.38 bits per heavy atom. The molecule has 1 rings (SSSR count). The summed E-state index contributed by atoms with van der Waals surface area (Å²) in [6.07, 6.45) is 12.1. The van der Waals surface area contributed by atoms with Crippen LogP contribution in [0.1, 0.15) is 51.4 Å². The number of aliphatic hydroxyl groups excluding tert-OH is 1. The molecule has 3 heteroatoms. The van der Waals surface area contributed by atoms with Crippen molar-refractivity contribution in [3.05, 3.63) is 0 Å². The molecule has 0 bridgehead atoms. The fourth-order valence-electron chi connectivity index (χ4n) is 2.25. The Bertz CT molecular complexity index is 262. The van der Waals surface area contributed by atoms with Gasteiger partial charge in [0.15, 0.2) is 0 Å². The number of rotatable bonds is 6. The second-order valence-corrected chi connectivity index (χ2v) is 4.60. The van der Waals surface area contributed by atoms with Crippen LogP contribution in [-0.2, 0) is 4.79 Å².